The first-order valence-electron chi connectivity index (χ1n) is 5.20. The second-order valence-corrected chi connectivity index (χ2v) is 3.53. The van der Waals surface area contributed by atoms with Gasteiger partial charge in [0.2, 0.25) is 5.91 Å². The number of hydrogen-bond donors (Lipinski definition) is 2. The Balaban J connectivity index is 1.80. The Bertz CT molecular complexity index is 544. The first kappa shape index (κ1) is 11.9. The molecule has 0 aliphatic carbocycles. The lowest BCUT2D eigenvalue weighted by atomic mass is 10.4. The maximum atomic E-state index is 11.5. The van der Waals surface area contributed by atoms with Gasteiger partial charge in [0.05, 0.1) is 12.8 Å². The van der Waals surface area contributed by atoms with Crippen molar-refractivity contribution in [3.8, 4) is 0 Å². The molecule has 0 spiro atoms. The number of aromatic nitrogens is 1. The van der Waals surface area contributed by atoms with E-state index in [9.17, 15) is 9.59 Å². The summed E-state index contributed by atoms with van der Waals surface area (Å²) in [4.78, 5) is 22.9. The molecule has 0 unspecified atom stereocenters. The fourth-order valence-corrected chi connectivity index (χ4v) is 1.27. The van der Waals surface area contributed by atoms with E-state index in [2.05, 4.69) is 15.8 Å². The Labute approximate surface area is 102 Å². The molecule has 2 rings (SSSR count). The lowest BCUT2D eigenvalue weighted by molar-refractivity contribution is -0.115. The smallest absolute Gasteiger partial charge is 0.287 e. The van der Waals surface area contributed by atoms with Crippen molar-refractivity contribution in [3.05, 3.63) is 36.0 Å². The summed E-state index contributed by atoms with van der Waals surface area (Å²) in [7, 11) is 0. The summed E-state index contributed by atoms with van der Waals surface area (Å²) >= 11 is 0. The number of aryl methyl sites for hydroxylation is 1. The summed E-state index contributed by atoms with van der Waals surface area (Å²) in [6.45, 7) is 1.53. The molecular weight excluding hydrogens is 238 g/mol. The van der Waals surface area contributed by atoms with Crippen molar-refractivity contribution in [2.45, 2.75) is 6.92 Å². The van der Waals surface area contributed by atoms with E-state index in [0.29, 0.717) is 11.6 Å². The van der Waals surface area contributed by atoms with Crippen molar-refractivity contribution in [2.75, 3.05) is 11.9 Å². The highest BCUT2D eigenvalue weighted by Crippen LogP contribution is 2.06. The molecule has 2 heterocycles. The van der Waals surface area contributed by atoms with Gasteiger partial charge >= 0.3 is 0 Å². The third-order valence-corrected chi connectivity index (χ3v) is 2.05. The Morgan fingerprint density at radius 1 is 1.44 bits per heavy atom. The Morgan fingerprint density at radius 2 is 2.28 bits per heavy atom. The van der Waals surface area contributed by atoms with Gasteiger partial charge in [-0.3, -0.25) is 9.59 Å². The number of hydrogen-bond acceptors (Lipinski definition) is 5. The second-order valence-electron chi connectivity index (χ2n) is 3.53. The standard InChI is InChI=1S/C11H11N3O4/c1-7-5-9(14-18-7)13-10(15)6-12-11(16)8-3-2-4-17-8/h2-5H,6H2,1H3,(H,12,16)(H,13,14,15). The molecule has 0 saturated heterocycles. The molecule has 2 aromatic rings. The van der Waals surface area contributed by atoms with Crippen LogP contribution in [0.5, 0.6) is 0 Å². The van der Waals surface area contributed by atoms with Gasteiger partial charge in [-0.15, -0.1) is 0 Å². The van der Waals surface area contributed by atoms with Crippen molar-refractivity contribution in [1.29, 1.82) is 0 Å². The first-order valence-corrected chi connectivity index (χ1v) is 5.20. The molecule has 0 aliphatic rings. The minimum atomic E-state index is -0.452. The van der Waals surface area contributed by atoms with Crippen LogP contribution in [0.3, 0.4) is 0 Å². The van der Waals surface area contributed by atoms with E-state index in [4.69, 9.17) is 8.94 Å². The minimum absolute atomic E-state index is 0.153. The Morgan fingerprint density at radius 3 is 2.89 bits per heavy atom. The van der Waals surface area contributed by atoms with Crippen LogP contribution < -0.4 is 10.6 Å². The summed E-state index contributed by atoms with van der Waals surface area (Å²) in [5, 5.41) is 8.48. The van der Waals surface area contributed by atoms with Gasteiger partial charge in [0.15, 0.2) is 11.6 Å². The summed E-state index contributed by atoms with van der Waals surface area (Å²) < 4.78 is 9.66. The van der Waals surface area contributed by atoms with Gasteiger partial charge < -0.3 is 19.6 Å². The van der Waals surface area contributed by atoms with Gasteiger partial charge in [-0.05, 0) is 19.1 Å². The van der Waals surface area contributed by atoms with Crippen LogP contribution in [0.1, 0.15) is 16.3 Å². The monoisotopic (exact) mass is 249 g/mol. The molecule has 2 N–H and O–H groups in total. The van der Waals surface area contributed by atoms with E-state index < -0.39 is 11.8 Å². The van der Waals surface area contributed by atoms with Crippen molar-refractivity contribution in [1.82, 2.24) is 10.5 Å². The fourth-order valence-electron chi connectivity index (χ4n) is 1.27. The van der Waals surface area contributed by atoms with Crippen LogP contribution in [0.15, 0.2) is 33.4 Å². The summed E-state index contributed by atoms with van der Waals surface area (Å²) in [5.41, 5.74) is 0. The zero-order valence-electron chi connectivity index (χ0n) is 9.60. The molecule has 0 bridgehead atoms. The lowest BCUT2D eigenvalue weighted by Gasteiger charge is -2.02. The predicted octanol–water partition coefficient (Wildman–Crippen LogP) is 0.945. The number of furan rings is 1. The number of amides is 2. The maximum Gasteiger partial charge on any atom is 0.287 e. The third kappa shape index (κ3) is 2.97. The van der Waals surface area contributed by atoms with Gasteiger partial charge in [0, 0.05) is 6.07 Å². The SMILES string of the molecule is Cc1cc(NC(=O)CNC(=O)c2ccco2)no1. The molecule has 18 heavy (non-hydrogen) atoms. The average molecular weight is 249 g/mol. The molecule has 0 aliphatic heterocycles. The predicted molar refractivity (Wildman–Crippen MR) is 60.9 cm³/mol. The normalized spacial score (nSPS) is 10.1. The number of anilines is 1. The Kier molecular flexibility index (Phi) is 3.42. The van der Waals surface area contributed by atoms with Gasteiger partial charge in [-0.25, -0.2) is 0 Å². The van der Waals surface area contributed by atoms with E-state index >= 15 is 0 Å². The molecule has 2 aromatic heterocycles. The summed E-state index contributed by atoms with van der Waals surface area (Å²) in [6.07, 6.45) is 1.38. The van der Waals surface area contributed by atoms with Crippen LogP contribution in [-0.2, 0) is 4.79 Å². The molecule has 7 heteroatoms. The molecule has 2 amide bonds. The maximum absolute atomic E-state index is 11.5. The van der Waals surface area contributed by atoms with E-state index in [-0.39, 0.29) is 12.3 Å². The summed E-state index contributed by atoms with van der Waals surface area (Å²) in [6, 6.07) is 4.67. The average Bonchev–Trinajstić information content (AvgIpc) is 2.97. The zero-order chi connectivity index (χ0) is 13.0. The van der Waals surface area contributed by atoms with E-state index in [1.54, 1.807) is 19.1 Å². The molecule has 7 nitrogen and oxygen atoms in total. The highest BCUT2D eigenvalue weighted by molar-refractivity contribution is 5.97. The van der Waals surface area contributed by atoms with E-state index in [0.717, 1.165) is 0 Å². The van der Waals surface area contributed by atoms with Crippen LogP contribution in [0.4, 0.5) is 5.82 Å². The second kappa shape index (κ2) is 5.17. The molecule has 0 saturated carbocycles. The number of carbonyl (C=O) groups excluding carboxylic acids is 2. The van der Waals surface area contributed by atoms with Crippen molar-refractivity contribution >= 4 is 17.6 Å². The van der Waals surface area contributed by atoms with Crippen molar-refractivity contribution in [2.24, 2.45) is 0 Å². The summed E-state index contributed by atoms with van der Waals surface area (Å²) in [5.74, 6) is 0.199. The first-order chi connectivity index (χ1) is 8.65. The number of nitrogens with one attached hydrogen (secondary N) is 2. The highest BCUT2D eigenvalue weighted by Gasteiger charge is 2.11. The topological polar surface area (TPSA) is 97.4 Å². The van der Waals surface area contributed by atoms with Crippen LogP contribution in [0, 0.1) is 6.92 Å². The number of rotatable bonds is 4. The third-order valence-electron chi connectivity index (χ3n) is 2.05. The zero-order valence-corrected chi connectivity index (χ0v) is 9.60. The molecular formula is C11H11N3O4. The van der Waals surface area contributed by atoms with Crippen LogP contribution in [0.2, 0.25) is 0 Å². The van der Waals surface area contributed by atoms with Gasteiger partial charge in [-0.2, -0.15) is 0 Å². The molecule has 0 aromatic carbocycles. The number of nitrogens with zero attached hydrogens (tertiary/aromatic N) is 1. The van der Waals surface area contributed by atoms with Crippen LogP contribution in [-0.4, -0.2) is 23.5 Å². The lowest BCUT2D eigenvalue weighted by Crippen LogP contribution is -2.32. The quantitative estimate of drug-likeness (QED) is 0.840. The van der Waals surface area contributed by atoms with E-state index in [1.165, 1.54) is 12.3 Å². The van der Waals surface area contributed by atoms with Crippen molar-refractivity contribution in [3.63, 3.8) is 0 Å². The van der Waals surface area contributed by atoms with Crippen LogP contribution >= 0.6 is 0 Å². The van der Waals surface area contributed by atoms with Gasteiger partial charge in [0.25, 0.3) is 5.91 Å². The van der Waals surface area contributed by atoms with Gasteiger partial charge in [0.1, 0.15) is 5.76 Å². The van der Waals surface area contributed by atoms with E-state index in [1.807, 2.05) is 0 Å². The van der Waals surface area contributed by atoms with Crippen molar-refractivity contribution < 1.29 is 18.5 Å². The Hall–Kier alpha value is -2.57. The molecule has 94 valence electrons. The molecule has 0 radical (unpaired) electrons. The highest BCUT2D eigenvalue weighted by atomic mass is 16.5. The minimum Gasteiger partial charge on any atom is -0.459 e. The van der Waals surface area contributed by atoms with Gasteiger partial charge in [-0.1, -0.05) is 5.16 Å². The number of carbonyl (C=O) groups is 2. The molecule has 0 atom stereocenters. The van der Waals surface area contributed by atoms with Crippen LogP contribution in [0.25, 0.3) is 0 Å². The largest absolute Gasteiger partial charge is 0.459 e. The fraction of sp³-hybridized carbons (Fsp3) is 0.182. The molecule has 0 fully saturated rings.